The van der Waals surface area contributed by atoms with Crippen molar-refractivity contribution in [1.82, 2.24) is 5.32 Å². The first-order valence-electron chi connectivity index (χ1n) is 6.96. The van der Waals surface area contributed by atoms with E-state index >= 15 is 0 Å². The lowest BCUT2D eigenvalue weighted by atomic mass is 9.76. The van der Waals surface area contributed by atoms with Crippen molar-refractivity contribution in [2.45, 2.75) is 64.0 Å². The Bertz CT molecular complexity index is 270. The maximum Gasteiger partial charge on any atom is 0.220 e. The maximum atomic E-state index is 11.9. The first-order chi connectivity index (χ1) is 8.51. The summed E-state index contributed by atoms with van der Waals surface area (Å²) in [7, 11) is 1.65. The van der Waals surface area contributed by atoms with Crippen molar-refractivity contribution in [3.8, 4) is 0 Å². The monoisotopic (exact) mass is 257 g/mol. The molecule has 1 saturated carbocycles. The Morgan fingerprint density at radius 3 is 2.89 bits per heavy atom. The quantitative estimate of drug-likeness (QED) is 0.763. The van der Waals surface area contributed by atoms with E-state index in [0.29, 0.717) is 12.3 Å². The fourth-order valence-corrected chi connectivity index (χ4v) is 2.77. The predicted molar refractivity (Wildman–Crippen MR) is 71.3 cm³/mol. The van der Waals surface area contributed by atoms with E-state index < -0.39 is 0 Å². The Morgan fingerprint density at radius 2 is 2.33 bits per heavy atom. The van der Waals surface area contributed by atoms with Crippen molar-refractivity contribution in [1.29, 1.82) is 0 Å². The van der Waals surface area contributed by atoms with Crippen LogP contribution >= 0.6 is 0 Å². The van der Waals surface area contributed by atoms with Crippen LogP contribution < -0.4 is 5.32 Å². The van der Waals surface area contributed by atoms with E-state index in [-0.39, 0.29) is 24.2 Å². The topological polar surface area (TPSA) is 58.6 Å². The van der Waals surface area contributed by atoms with E-state index in [4.69, 9.17) is 4.74 Å². The first-order valence-corrected chi connectivity index (χ1v) is 6.96. The molecule has 1 amide bonds. The fraction of sp³-hybridized carbons (Fsp3) is 0.929. The van der Waals surface area contributed by atoms with Crippen LogP contribution in [0.1, 0.15) is 52.4 Å². The smallest absolute Gasteiger partial charge is 0.220 e. The molecule has 0 bridgehead atoms. The van der Waals surface area contributed by atoms with Crippen molar-refractivity contribution in [2.75, 3.05) is 13.7 Å². The molecule has 1 aliphatic carbocycles. The predicted octanol–water partition coefficient (Wildman–Crippen LogP) is 1.86. The number of aliphatic hydroxyl groups excluding tert-OH is 1. The van der Waals surface area contributed by atoms with E-state index in [1.54, 1.807) is 7.11 Å². The normalized spacial score (nSPS) is 29.9. The molecule has 1 fully saturated rings. The molecule has 18 heavy (non-hydrogen) atoms. The van der Waals surface area contributed by atoms with Gasteiger partial charge in [-0.25, -0.2) is 0 Å². The van der Waals surface area contributed by atoms with Crippen LogP contribution in [0.2, 0.25) is 0 Å². The molecule has 0 radical (unpaired) electrons. The number of hydrogen-bond donors (Lipinski definition) is 2. The number of ether oxygens (including phenoxy) is 1. The summed E-state index contributed by atoms with van der Waals surface area (Å²) in [4.78, 5) is 11.9. The van der Waals surface area contributed by atoms with Crippen LogP contribution in [0.25, 0.3) is 0 Å². The SMILES string of the molecule is COC(C)CCC(=O)NC1(CO)CCCC(C)C1. The highest BCUT2D eigenvalue weighted by Crippen LogP contribution is 2.32. The Balaban J connectivity index is 2.44. The minimum absolute atomic E-state index is 0.0297. The van der Waals surface area contributed by atoms with Crippen LogP contribution in [-0.4, -0.2) is 36.4 Å². The van der Waals surface area contributed by atoms with Gasteiger partial charge in [-0.05, 0) is 32.1 Å². The van der Waals surface area contributed by atoms with Crippen molar-refractivity contribution >= 4 is 5.91 Å². The average Bonchev–Trinajstić information content (AvgIpc) is 2.36. The molecule has 2 N–H and O–H groups in total. The average molecular weight is 257 g/mol. The van der Waals surface area contributed by atoms with Crippen LogP contribution in [0, 0.1) is 5.92 Å². The van der Waals surface area contributed by atoms with Crippen LogP contribution in [0.15, 0.2) is 0 Å². The standard InChI is InChI=1S/C14H27NO3/c1-11-5-4-8-14(9-11,10-16)15-13(17)7-6-12(2)18-3/h11-12,16H,4-10H2,1-3H3,(H,15,17). The highest BCUT2D eigenvalue weighted by Gasteiger charge is 2.35. The molecule has 4 heteroatoms. The summed E-state index contributed by atoms with van der Waals surface area (Å²) < 4.78 is 5.13. The van der Waals surface area contributed by atoms with Gasteiger partial charge in [0.25, 0.3) is 0 Å². The van der Waals surface area contributed by atoms with Gasteiger partial charge in [0.2, 0.25) is 5.91 Å². The number of nitrogens with one attached hydrogen (secondary N) is 1. The molecular formula is C14H27NO3. The highest BCUT2D eigenvalue weighted by atomic mass is 16.5. The lowest BCUT2D eigenvalue weighted by molar-refractivity contribution is -0.125. The minimum Gasteiger partial charge on any atom is -0.394 e. The second-order valence-electron chi connectivity index (χ2n) is 5.77. The van der Waals surface area contributed by atoms with Gasteiger partial charge in [-0.15, -0.1) is 0 Å². The maximum absolute atomic E-state index is 11.9. The molecule has 4 nitrogen and oxygen atoms in total. The third kappa shape index (κ3) is 4.58. The molecular weight excluding hydrogens is 230 g/mol. The number of amides is 1. The fourth-order valence-electron chi connectivity index (χ4n) is 2.77. The second-order valence-corrected chi connectivity index (χ2v) is 5.77. The van der Waals surface area contributed by atoms with Gasteiger partial charge >= 0.3 is 0 Å². The van der Waals surface area contributed by atoms with Crippen LogP contribution in [0.5, 0.6) is 0 Å². The van der Waals surface area contributed by atoms with Gasteiger partial charge in [0.15, 0.2) is 0 Å². The number of rotatable bonds is 6. The largest absolute Gasteiger partial charge is 0.394 e. The molecule has 0 aromatic carbocycles. The number of methoxy groups -OCH3 is 1. The summed E-state index contributed by atoms with van der Waals surface area (Å²) in [6.07, 6.45) is 5.33. The molecule has 0 spiro atoms. The molecule has 0 saturated heterocycles. The Labute approximate surface area is 110 Å². The summed E-state index contributed by atoms with van der Waals surface area (Å²) in [5, 5.41) is 12.6. The number of carbonyl (C=O) groups is 1. The second kappa shape index (κ2) is 7.10. The van der Waals surface area contributed by atoms with Crippen molar-refractivity contribution < 1.29 is 14.6 Å². The summed E-state index contributed by atoms with van der Waals surface area (Å²) in [6, 6.07) is 0. The summed E-state index contributed by atoms with van der Waals surface area (Å²) in [5.74, 6) is 0.603. The van der Waals surface area contributed by atoms with E-state index in [2.05, 4.69) is 12.2 Å². The van der Waals surface area contributed by atoms with Crippen LogP contribution in [0.4, 0.5) is 0 Å². The lowest BCUT2D eigenvalue weighted by Gasteiger charge is -2.39. The summed E-state index contributed by atoms with van der Waals surface area (Å²) in [5.41, 5.74) is -0.384. The van der Waals surface area contributed by atoms with Crippen molar-refractivity contribution in [3.63, 3.8) is 0 Å². The van der Waals surface area contributed by atoms with Crippen LogP contribution in [-0.2, 0) is 9.53 Å². The molecule has 0 aliphatic heterocycles. The molecule has 0 heterocycles. The van der Waals surface area contributed by atoms with E-state index in [0.717, 1.165) is 25.7 Å². The van der Waals surface area contributed by atoms with E-state index in [9.17, 15) is 9.90 Å². The van der Waals surface area contributed by atoms with Gasteiger partial charge in [0.05, 0.1) is 18.2 Å². The summed E-state index contributed by atoms with van der Waals surface area (Å²) in [6.45, 7) is 4.18. The van der Waals surface area contributed by atoms with Gasteiger partial charge in [-0.1, -0.05) is 19.8 Å². The van der Waals surface area contributed by atoms with Gasteiger partial charge in [-0.2, -0.15) is 0 Å². The zero-order chi connectivity index (χ0) is 13.6. The molecule has 0 aromatic heterocycles. The van der Waals surface area contributed by atoms with Gasteiger partial charge < -0.3 is 15.2 Å². The zero-order valence-corrected chi connectivity index (χ0v) is 11.9. The van der Waals surface area contributed by atoms with Crippen molar-refractivity contribution in [2.24, 2.45) is 5.92 Å². The molecule has 1 aliphatic rings. The van der Waals surface area contributed by atoms with Gasteiger partial charge in [0, 0.05) is 13.5 Å². The Hall–Kier alpha value is -0.610. The molecule has 3 atom stereocenters. The molecule has 3 unspecified atom stereocenters. The Morgan fingerprint density at radius 1 is 1.61 bits per heavy atom. The highest BCUT2D eigenvalue weighted by molar-refractivity contribution is 5.76. The number of hydrogen-bond acceptors (Lipinski definition) is 3. The molecule has 0 aromatic rings. The first kappa shape index (κ1) is 15.4. The van der Waals surface area contributed by atoms with Crippen LogP contribution in [0.3, 0.4) is 0 Å². The van der Waals surface area contributed by atoms with Gasteiger partial charge in [-0.3, -0.25) is 4.79 Å². The zero-order valence-electron chi connectivity index (χ0n) is 11.9. The third-order valence-corrected chi connectivity index (χ3v) is 3.98. The summed E-state index contributed by atoms with van der Waals surface area (Å²) >= 11 is 0. The Kier molecular flexibility index (Phi) is 6.09. The van der Waals surface area contributed by atoms with E-state index in [1.165, 1.54) is 6.42 Å². The number of carbonyl (C=O) groups excluding carboxylic acids is 1. The minimum atomic E-state index is -0.384. The van der Waals surface area contributed by atoms with Gasteiger partial charge in [0.1, 0.15) is 0 Å². The van der Waals surface area contributed by atoms with E-state index in [1.807, 2.05) is 6.92 Å². The lowest BCUT2D eigenvalue weighted by Crippen LogP contribution is -2.53. The molecule has 1 rings (SSSR count). The van der Waals surface area contributed by atoms with Crippen molar-refractivity contribution in [3.05, 3.63) is 0 Å². The number of aliphatic hydroxyl groups is 1. The molecule has 106 valence electrons. The third-order valence-electron chi connectivity index (χ3n) is 3.98.